The number of rotatable bonds is 6. The largest absolute Gasteiger partial charge is 0.385 e. The fourth-order valence-electron chi connectivity index (χ4n) is 1.57. The molecule has 0 saturated heterocycles. The van der Waals surface area contributed by atoms with Crippen LogP contribution in [0.2, 0.25) is 5.02 Å². The third-order valence-electron chi connectivity index (χ3n) is 2.70. The molecule has 0 aliphatic heterocycles. The normalized spacial score (nSPS) is 11.4. The Morgan fingerprint density at radius 2 is 2.10 bits per heavy atom. The third kappa shape index (κ3) is 4.45. The van der Waals surface area contributed by atoms with Crippen molar-refractivity contribution in [3.8, 4) is 0 Å². The molecule has 0 fully saturated rings. The Balaban J connectivity index is 2.99. The summed E-state index contributed by atoms with van der Waals surface area (Å²) < 4.78 is 27.6. The van der Waals surface area contributed by atoms with Crippen LogP contribution < -0.4 is 10.5 Å². The van der Waals surface area contributed by atoms with Crippen LogP contribution in [-0.4, -0.2) is 34.6 Å². The first-order valence-corrected chi connectivity index (χ1v) is 7.80. The molecule has 0 bridgehead atoms. The number of carbonyl (C=O) groups is 1. The maximum Gasteiger partial charge on any atom is 0.251 e. The molecule has 6 nitrogen and oxygen atoms in total. The highest BCUT2D eigenvalue weighted by Gasteiger charge is 2.17. The summed E-state index contributed by atoms with van der Waals surface area (Å²) in [5, 5.41) is 7.90. The smallest absolute Gasteiger partial charge is 0.251 e. The number of halogens is 1. The topological polar surface area (TPSA) is 98.5 Å². The minimum Gasteiger partial charge on any atom is -0.385 e. The van der Waals surface area contributed by atoms with Gasteiger partial charge in [0.25, 0.3) is 5.91 Å². The van der Waals surface area contributed by atoms with E-state index in [0.717, 1.165) is 0 Å². The van der Waals surface area contributed by atoms with E-state index in [0.29, 0.717) is 25.1 Å². The van der Waals surface area contributed by atoms with Crippen LogP contribution >= 0.6 is 11.6 Å². The highest BCUT2D eigenvalue weighted by molar-refractivity contribution is 7.89. The number of carbonyl (C=O) groups excluding carboxylic acids is 1. The second kappa shape index (κ2) is 7.03. The van der Waals surface area contributed by atoms with Gasteiger partial charge >= 0.3 is 0 Å². The maximum absolute atomic E-state index is 12.0. The highest BCUT2D eigenvalue weighted by atomic mass is 35.5. The van der Waals surface area contributed by atoms with Crippen molar-refractivity contribution in [2.75, 3.05) is 20.3 Å². The van der Waals surface area contributed by atoms with Crippen molar-refractivity contribution in [1.82, 2.24) is 5.32 Å². The van der Waals surface area contributed by atoms with E-state index in [1.165, 1.54) is 12.1 Å². The molecule has 20 heavy (non-hydrogen) atoms. The number of ether oxygens (including phenoxy) is 1. The molecule has 0 aliphatic rings. The molecule has 0 saturated carbocycles. The summed E-state index contributed by atoms with van der Waals surface area (Å²) in [6, 6.07) is 2.45. The van der Waals surface area contributed by atoms with Crippen molar-refractivity contribution >= 4 is 27.5 Å². The lowest BCUT2D eigenvalue weighted by Gasteiger charge is -2.10. The Labute approximate surface area is 123 Å². The summed E-state index contributed by atoms with van der Waals surface area (Å²) in [7, 11) is -2.34. The Morgan fingerprint density at radius 1 is 1.45 bits per heavy atom. The molecule has 1 amide bonds. The Bertz CT molecular complexity index is 602. The van der Waals surface area contributed by atoms with Crippen molar-refractivity contribution in [3.63, 3.8) is 0 Å². The number of nitrogens with two attached hydrogens (primary N) is 1. The molecule has 1 rings (SSSR count). The van der Waals surface area contributed by atoms with Gasteiger partial charge in [-0.1, -0.05) is 11.6 Å². The Kier molecular flexibility index (Phi) is 5.94. The van der Waals surface area contributed by atoms with Gasteiger partial charge in [0, 0.05) is 30.8 Å². The molecule has 0 aromatic heterocycles. The average molecular weight is 321 g/mol. The molecule has 112 valence electrons. The predicted octanol–water partition coefficient (Wildman–Crippen LogP) is 1.06. The summed E-state index contributed by atoms with van der Waals surface area (Å²) in [4.78, 5) is 11.8. The van der Waals surface area contributed by atoms with Gasteiger partial charge in [0.2, 0.25) is 10.0 Å². The number of methoxy groups -OCH3 is 1. The first kappa shape index (κ1) is 16.9. The van der Waals surface area contributed by atoms with E-state index < -0.39 is 15.9 Å². The van der Waals surface area contributed by atoms with Crippen molar-refractivity contribution < 1.29 is 17.9 Å². The summed E-state index contributed by atoms with van der Waals surface area (Å²) in [5.74, 6) is -0.397. The van der Waals surface area contributed by atoms with Gasteiger partial charge in [-0.2, -0.15) is 0 Å². The Morgan fingerprint density at radius 3 is 2.65 bits per heavy atom. The van der Waals surface area contributed by atoms with Crippen molar-refractivity contribution in [1.29, 1.82) is 0 Å². The van der Waals surface area contributed by atoms with E-state index >= 15 is 0 Å². The van der Waals surface area contributed by atoms with E-state index in [1.54, 1.807) is 14.0 Å². The first-order valence-electron chi connectivity index (χ1n) is 5.87. The molecular weight excluding hydrogens is 304 g/mol. The molecule has 0 radical (unpaired) electrons. The number of benzene rings is 1. The summed E-state index contributed by atoms with van der Waals surface area (Å²) >= 11 is 5.93. The number of hydrogen-bond donors (Lipinski definition) is 2. The molecule has 0 aliphatic carbocycles. The van der Waals surface area contributed by atoms with Crippen LogP contribution in [0.4, 0.5) is 0 Å². The number of primary sulfonamides is 1. The molecule has 1 aromatic carbocycles. The van der Waals surface area contributed by atoms with Gasteiger partial charge in [0.1, 0.15) is 0 Å². The number of amides is 1. The van der Waals surface area contributed by atoms with Gasteiger partial charge < -0.3 is 10.1 Å². The van der Waals surface area contributed by atoms with Gasteiger partial charge in [-0.15, -0.1) is 0 Å². The average Bonchev–Trinajstić information content (AvgIpc) is 2.36. The van der Waals surface area contributed by atoms with E-state index in [1.807, 2.05) is 0 Å². The van der Waals surface area contributed by atoms with Gasteiger partial charge in [0.15, 0.2) is 0 Å². The van der Waals surface area contributed by atoms with Crippen LogP contribution in [0.15, 0.2) is 17.0 Å². The van der Waals surface area contributed by atoms with Crippen molar-refractivity contribution in [2.24, 2.45) is 5.14 Å². The van der Waals surface area contributed by atoms with Gasteiger partial charge in [0.05, 0.1) is 4.90 Å². The maximum atomic E-state index is 12.0. The fourth-order valence-corrected chi connectivity index (χ4v) is 2.42. The summed E-state index contributed by atoms with van der Waals surface area (Å²) in [6.07, 6.45) is 0.657. The van der Waals surface area contributed by atoms with Crippen LogP contribution in [-0.2, 0) is 14.8 Å². The lowest BCUT2D eigenvalue weighted by Crippen LogP contribution is -2.26. The van der Waals surface area contributed by atoms with Crippen LogP contribution in [0.3, 0.4) is 0 Å². The third-order valence-corrected chi connectivity index (χ3v) is 3.99. The number of hydrogen-bond acceptors (Lipinski definition) is 4. The minimum absolute atomic E-state index is 0.179. The van der Waals surface area contributed by atoms with Crippen molar-refractivity contribution in [3.05, 3.63) is 28.3 Å². The van der Waals surface area contributed by atoms with E-state index in [2.05, 4.69) is 5.32 Å². The zero-order valence-electron chi connectivity index (χ0n) is 11.3. The zero-order chi connectivity index (χ0) is 15.3. The lowest BCUT2D eigenvalue weighted by molar-refractivity contribution is 0.0948. The second-order valence-electron chi connectivity index (χ2n) is 4.22. The molecule has 0 spiro atoms. The van der Waals surface area contributed by atoms with Crippen LogP contribution in [0.5, 0.6) is 0 Å². The quantitative estimate of drug-likeness (QED) is 0.766. The van der Waals surface area contributed by atoms with Gasteiger partial charge in [-0.3, -0.25) is 4.79 Å². The summed E-state index contributed by atoms with van der Waals surface area (Å²) in [6.45, 7) is 2.58. The van der Waals surface area contributed by atoms with Gasteiger partial charge in [-0.25, -0.2) is 13.6 Å². The molecule has 8 heteroatoms. The van der Waals surface area contributed by atoms with E-state index in [-0.39, 0.29) is 15.5 Å². The molecule has 0 atom stereocenters. The standard InChI is InChI=1S/C12H17ClN2O4S/c1-8-10(12(16)15-4-3-5-19-2)6-9(7-11(8)13)20(14,17)18/h6-7H,3-5H2,1-2H3,(H,15,16)(H2,14,17,18). The van der Waals surface area contributed by atoms with Crippen LogP contribution in [0.25, 0.3) is 0 Å². The Hall–Kier alpha value is -1.15. The van der Waals surface area contributed by atoms with Crippen LogP contribution in [0, 0.1) is 6.92 Å². The lowest BCUT2D eigenvalue weighted by atomic mass is 10.1. The highest BCUT2D eigenvalue weighted by Crippen LogP contribution is 2.23. The second-order valence-corrected chi connectivity index (χ2v) is 6.19. The number of nitrogens with one attached hydrogen (secondary N) is 1. The van der Waals surface area contributed by atoms with Crippen LogP contribution in [0.1, 0.15) is 22.3 Å². The molecule has 0 unspecified atom stereocenters. The summed E-state index contributed by atoms with van der Waals surface area (Å²) in [5.41, 5.74) is 0.697. The van der Waals surface area contributed by atoms with Gasteiger partial charge in [-0.05, 0) is 31.0 Å². The molecular formula is C12H17ClN2O4S. The zero-order valence-corrected chi connectivity index (χ0v) is 12.8. The van der Waals surface area contributed by atoms with E-state index in [9.17, 15) is 13.2 Å². The molecule has 3 N–H and O–H groups in total. The number of sulfonamides is 1. The monoisotopic (exact) mass is 320 g/mol. The molecule has 1 aromatic rings. The predicted molar refractivity (Wildman–Crippen MR) is 76.4 cm³/mol. The van der Waals surface area contributed by atoms with E-state index in [4.69, 9.17) is 21.5 Å². The minimum atomic E-state index is -3.91. The molecule has 0 heterocycles. The van der Waals surface area contributed by atoms with Crippen molar-refractivity contribution in [2.45, 2.75) is 18.2 Å². The fraction of sp³-hybridized carbons (Fsp3) is 0.417. The SMILES string of the molecule is COCCCNC(=O)c1cc(S(N)(=O)=O)cc(Cl)c1C. The first-order chi connectivity index (χ1) is 9.27.